The van der Waals surface area contributed by atoms with Crippen molar-refractivity contribution in [2.24, 2.45) is 0 Å². The summed E-state index contributed by atoms with van der Waals surface area (Å²) in [6.07, 6.45) is 0. The average molecular weight is 703 g/mol. The van der Waals surface area contributed by atoms with Gasteiger partial charge in [0.15, 0.2) is 5.82 Å². The Morgan fingerprint density at radius 1 is 0.255 bits per heavy atom. The van der Waals surface area contributed by atoms with Crippen LogP contribution in [0.4, 0.5) is 0 Å². The molecule has 10 aromatic rings. The topological polar surface area (TPSA) is 38.9 Å². The molecule has 8 aromatic carbocycles. The third-order valence-electron chi connectivity index (χ3n) is 10.2. The Morgan fingerprint density at radius 3 is 1.24 bits per heavy atom. The van der Waals surface area contributed by atoms with Gasteiger partial charge in [0.25, 0.3) is 0 Å². The first-order valence-corrected chi connectivity index (χ1v) is 18.6. The minimum atomic E-state index is 0.668. The molecule has 0 N–H and O–H groups in total. The summed E-state index contributed by atoms with van der Waals surface area (Å²) in [5, 5.41) is 2.23. The standard InChI is InChI=1S/C52H34N2O/c1-5-15-35(16-6-1)40-28-43(39-25-26-47-46-23-13-14-24-50(46)55-51(47)33-39)30-44(29-40)49-34-48(38-21-11-4-12-22-38)53-52(54-49)45-31-41(36-17-7-2-8-18-36)27-42(32-45)37-19-9-3-10-20-37/h1-34H. The zero-order valence-corrected chi connectivity index (χ0v) is 29.9. The van der Waals surface area contributed by atoms with Gasteiger partial charge < -0.3 is 4.42 Å². The van der Waals surface area contributed by atoms with Crippen molar-refractivity contribution in [3.63, 3.8) is 0 Å². The Hall–Kier alpha value is -7.36. The summed E-state index contributed by atoms with van der Waals surface area (Å²) in [4.78, 5) is 10.6. The van der Waals surface area contributed by atoms with Crippen molar-refractivity contribution < 1.29 is 4.42 Å². The predicted octanol–water partition coefficient (Wildman–Crippen LogP) is 14.0. The average Bonchev–Trinajstić information content (AvgIpc) is 3.65. The molecule has 55 heavy (non-hydrogen) atoms. The molecule has 3 heteroatoms. The van der Waals surface area contributed by atoms with Gasteiger partial charge in [-0.2, -0.15) is 0 Å². The van der Waals surface area contributed by atoms with Crippen LogP contribution in [0.15, 0.2) is 211 Å². The van der Waals surface area contributed by atoms with Crippen molar-refractivity contribution in [2.75, 3.05) is 0 Å². The van der Waals surface area contributed by atoms with Crippen LogP contribution in [0.25, 0.3) is 100 Å². The lowest BCUT2D eigenvalue weighted by Crippen LogP contribution is -1.97. The summed E-state index contributed by atoms with van der Waals surface area (Å²) in [6.45, 7) is 0. The van der Waals surface area contributed by atoms with Crippen LogP contribution in [-0.4, -0.2) is 9.97 Å². The molecule has 0 saturated heterocycles. The van der Waals surface area contributed by atoms with Crippen LogP contribution in [0.5, 0.6) is 0 Å². The maximum Gasteiger partial charge on any atom is 0.160 e. The van der Waals surface area contributed by atoms with Crippen molar-refractivity contribution in [2.45, 2.75) is 0 Å². The third kappa shape index (κ3) is 6.39. The monoisotopic (exact) mass is 702 g/mol. The Balaban J connectivity index is 1.19. The van der Waals surface area contributed by atoms with Crippen molar-refractivity contribution in [3.05, 3.63) is 206 Å². The van der Waals surface area contributed by atoms with Gasteiger partial charge in [0, 0.05) is 27.5 Å². The predicted molar refractivity (Wildman–Crippen MR) is 227 cm³/mol. The largest absolute Gasteiger partial charge is 0.456 e. The molecule has 0 fully saturated rings. The highest BCUT2D eigenvalue weighted by Gasteiger charge is 2.16. The molecule has 2 aromatic heterocycles. The lowest BCUT2D eigenvalue weighted by molar-refractivity contribution is 0.669. The normalized spacial score (nSPS) is 11.3. The van der Waals surface area contributed by atoms with Gasteiger partial charge in [-0.05, 0) is 105 Å². The summed E-state index contributed by atoms with van der Waals surface area (Å²) in [5.41, 5.74) is 15.4. The molecule has 0 aliphatic heterocycles. The first-order valence-electron chi connectivity index (χ1n) is 18.6. The molecular formula is C52H34N2O. The number of hydrogen-bond donors (Lipinski definition) is 0. The maximum atomic E-state index is 6.34. The summed E-state index contributed by atoms with van der Waals surface area (Å²) in [7, 11) is 0. The fraction of sp³-hybridized carbons (Fsp3) is 0. The van der Waals surface area contributed by atoms with E-state index in [1.807, 2.05) is 18.2 Å². The second-order valence-corrected chi connectivity index (χ2v) is 13.8. The summed E-state index contributed by atoms with van der Waals surface area (Å²) in [6, 6.07) is 72.2. The molecule has 3 nitrogen and oxygen atoms in total. The molecular weight excluding hydrogens is 669 g/mol. The molecule has 0 atom stereocenters. The van der Waals surface area contributed by atoms with Crippen LogP contribution in [0.1, 0.15) is 0 Å². The van der Waals surface area contributed by atoms with Crippen LogP contribution >= 0.6 is 0 Å². The number of benzene rings is 8. The molecule has 0 amide bonds. The van der Waals surface area contributed by atoms with E-state index in [2.05, 4.69) is 188 Å². The zero-order valence-electron chi connectivity index (χ0n) is 29.9. The van der Waals surface area contributed by atoms with E-state index in [0.29, 0.717) is 5.82 Å². The van der Waals surface area contributed by atoms with Gasteiger partial charge in [0.2, 0.25) is 0 Å². The quantitative estimate of drug-likeness (QED) is 0.166. The van der Waals surface area contributed by atoms with Gasteiger partial charge in [-0.25, -0.2) is 9.97 Å². The van der Waals surface area contributed by atoms with Gasteiger partial charge in [0.05, 0.1) is 11.4 Å². The second kappa shape index (κ2) is 13.9. The second-order valence-electron chi connectivity index (χ2n) is 13.8. The fourth-order valence-electron chi connectivity index (χ4n) is 7.48. The first-order chi connectivity index (χ1) is 27.2. The van der Waals surface area contributed by atoms with Crippen LogP contribution in [0.2, 0.25) is 0 Å². The van der Waals surface area contributed by atoms with E-state index in [-0.39, 0.29) is 0 Å². The zero-order chi connectivity index (χ0) is 36.6. The molecule has 0 saturated carbocycles. The highest BCUT2D eigenvalue weighted by Crippen LogP contribution is 2.38. The van der Waals surface area contributed by atoms with Gasteiger partial charge in [-0.1, -0.05) is 146 Å². The van der Waals surface area contributed by atoms with Gasteiger partial charge in [-0.3, -0.25) is 0 Å². The number of furan rings is 1. The van der Waals surface area contributed by atoms with Crippen molar-refractivity contribution in [3.8, 4) is 78.4 Å². The number of para-hydroxylation sites is 1. The number of nitrogens with zero attached hydrogens (tertiary/aromatic N) is 2. The lowest BCUT2D eigenvalue weighted by Gasteiger charge is -2.14. The Bertz CT molecular complexity index is 2900. The molecule has 0 aliphatic rings. The molecule has 0 unspecified atom stereocenters. The number of aromatic nitrogens is 2. The number of fused-ring (bicyclic) bond motifs is 3. The summed E-state index contributed by atoms with van der Waals surface area (Å²) >= 11 is 0. The van der Waals surface area contributed by atoms with Crippen LogP contribution in [0, 0.1) is 0 Å². The van der Waals surface area contributed by atoms with Crippen molar-refractivity contribution >= 4 is 21.9 Å². The summed E-state index contributed by atoms with van der Waals surface area (Å²) < 4.78 is 6.34. The van der Waals surface area contributed by atoms with Crippen molar-refractivity contribution in [1.29, 1.82) is 0 Å². The molecule has 2 heterocycles. The first kappa shape index (κ1) is 32.3. The molecule has 0 aliphatic carbocycles. The van der Waals surface area contributed by atoms with E-state index in [0.717, 1.165) is 94.5 Å². The molecule has 0 radical (unpaired) electrons. The highest BCUT2D eigenvalue weighted by molar-refractivity contribution is 6.06. The Labute approximate surface area is 319 Å². The van der Waals surface area contributed by atoms with Gasteiger partial charge in [-0.15, -0.1) is 0 Å². The van der Waals surface area contributed by atoms with E-state index < -0.39 is 0 Å². The molecule has 0 spiro atoms. The van der Waals surface area contributed by atoms with E-state index in [1.165, 1.54) is 0 Å². The molecule has 10 rings (SSSR count). The smallest absolute Gasteiger partial charge is 0.160 e. The maximum absolute atomic E-state index is 6.34. The van der Waals surface area contributed by atoms with Crippen molar-refractivity contribution in [1.82, 2.24) is 9.97 Å². The van der Waals surface area contributed by atoms with Crippen LogP contribution in [0.3, 0.4) is 0 Å². The minimum absolute atomic E-state index is 0.668. The SMILES string of the molecule is c1ccc(-c2cc(-c3ccc4c(c3)oc3ccccc34)cc(-c3cc(-c4ccccc4)nc(-c4cc(-c5ccccc5)cc(-c5ccccc5)c4)n3)c2)cc1. The van der Waals surface area contributed by atoms with Gasteiger partial charge >= 0.3 is 0 Å². The van der Waals surface area contributed by atoms with Gasteiger partial charge in [0.1, 0.15) is 11.2 Å². The Morgan fingerprint density at radius 2 is 0.673 bits per heavy atom. The van der Waals surface area contributed by atoms with E-state index in [1.54, 1.807) is 0 Å². The van der Waals surface area contributed by atoms with Crippen LogP contribution in [-0.2, 0) is 0 Å². The minimum Gasteiger partial charge on any atom is -0.456 e. The van der Waals surface area contributed by atoms with E-state index in [9.17, 15) is 0 Å². The lowest BCUT2D eigenvalue weighted by atomic mass is 9.93. The van der Waals surface area contributed by atoms with E-state index in [4.69, 9.17) is 14.4 Å². The molecule has 0 bridgehead atoms. The van der Waals surface area contributed by atoms with Crippen LogP contribution < -0.4 is 0 Å². The molecule has 258 valence electrons. The van der Waals surface area contributed by atoms with E-state index >= 15 is 0 Å². The number of rotatable bonds is 7. The highest BCUT2D eigenvalue weighted by atomic mass is 16.3. The summed E-state index contributed by atoms with van der Waals surface area (Å²) in [5.74, 6) is 0.668. The number of hydrogen-bond acceptors (Lipinski definition) is 3. The third-order valence-corrected chi connectivity index (χ3v) is 10.2. The Kier molecular flexibility index (Phi) is 8.16. The fourth-order valence-corrected chi connectivity index (χ4v) is 7.48.